The molecule has 0 saturated heterocycles. The van der Waals surface area contributed by atoms with E-state index in [2.05, 4.69) is 12.1 Å². The highest BCUT2D eigenvalue weighted by Crippen LogP contribution is 2.48. The van der Waals surface area contributed by atoms with Gasteiger partial charge in [-0.3, -0.25) is 0 Å². The summed E-state index contributed by atoms with van der Waals surface area (Å²) >= 11 is 0. The van der Waals surface area contributed by atoms with Crippen molar-refractivity contribution in [2.45, 2.75) is 51.6 Å². The molecule has 2 rings (SSSR count). The van der Waals surface area contributed by atoms with Gasteiger partial charge >= 0.3 is 0 Å². The van der Waals surface area contributed by atoms with Crippen molar-refractivity contribution in [1.29, 1.82) is 5.26 Å². The van der Waals surface area contributed by atoms with Crippen LogP contribution in [0.2, 0.25) is 0 Å². The fraction of sp³-hybridized carbons (Fsp3) is 0.562. The smallest absolute Gasteiger partial charge is 0.108 e. The molecule has 0 spiro atoms. The summed E-state index contributed by atoms with van der Waals surface area (Å²) in [6, 6.07) is 10.4. The van der Waals surface area contributed by atoms with Crippen molar-refractivity contribution >= 4 is 0 Å². The Morgan fingerprint density at radius 3 is 2.78 bits per heavy atom. The highest BCUT2D eigenvalue weighted by atomic mass is 16.3. The van der Waals surface area contributed by atoms with Crippen molar-refractivity contribution in [3.63, 3.8) is 0 Å². The molecule has 1 aromatic rings. The summed E-state index contributed by atoms with van der Waals surface area (Å²) in [5, 5.41) is 20.7. The van der Waals surface area contributed by atoms with Crippen molar-refractivity contribution in [2.24, 2.45) is 5.41 Å². The molecule has 2 unspecified atom stereocenters. The Balaban J connectivity index is 2.60. The summed E-state index contributed by atoms with van der Waals surface area (Å²) < 4.78 is 0. The van der Waals surface area contributed by atoms with Crippen molar-refractivity contribution in [2.75, 3.05) is 0 Å². The zero-order valence-corrected chi connectivity index (χ0v) is 11.2. The number of nitrogens with zero attached hydrogens (tertiary/aromatic N) is 1. The van der Waals surface area contributed by atoms with Crippen molar-refractivity contribution < 1.29 is 5.11 Å². The molecule has 1 aromatic carbocycles. The first-order chi connectivity index (χ1) is 8.57. The molecule has 0 saturated carbocycles. The summed E-state index contributed by atoms with van der Waals surface area (Å²) in [4.78, 5) is 0. The van der Waals surface area contributed by atoms with Crippen molar-refractivity contribution in [3.05, 3.63) is 35.4 Å². The molecular weight excluding hydrogens is 222 g/mol. The zero-order chi connectivity index (χ0) is 13.2. The minimum Gasteiger partial charge on any atom is -0.383 e. The topological polar surface area (TPSA) is 44.0 Å². The maximum Gasteiger partial charge on any atom is 0.108 e. The molecule has 18 heavy (non-hydrogen) atoms. The van der Waals surface area contributed by atoms with E-state index in [0.717, 1.165) is 24.8 Å². The van der Waals surface area contributed by atoms with Gasteiger partial charge in [-0.05, 0) is 50.2 Å². The van der Waals surface area contributed by atoms with E-state index < -0.39 is 11.0 Å². The Kier molecular flexibility index (Phi) is 3.45. The van der Waals surface area contributed by atoms with Crippen LogP contribution in [0.5, 0.6) is 0 Å². The van der Waals surface area contributed by atoms with E-state index in [9.17, 15) is 10.4 Å². The van der Waals surface area contributed by atoms with E-state index in [1.807, 2.05) is 32.0 Å². The van der Waals surface area contributed by atoms with Crippen LogP contribution in [0.1, 0.15) is 50.7 Å². The van der Waals surface area contributed by atoms with Gasteiger partial charge in [-0.1, -0.05) is 31.2 Å². The molecule has 0 amide bonds. The van der Waals surface area contributed by atoms with Crippen molar-refractivity contribution in [3.8, 4) is 6.07 Å². The molecule has 2 nitrogen and oxygen atoms in total. The monoisotopic (exact) mass is 243 g/mol. The molecule has 1 N–H and O–H groups in total. The summed E-state index contributed by atoms with van der Waals surface area (Å²) in [6.07, 6.45) is 4.41. The fourth-order valence-electron chi connectivity index (χ4n) is 3.01. The molecule has 1 aliphatic rings. The van der Waals surface area contributed by atoms with Crippen LogP contribution < -0.4 is 0 Å². The van der Waals surface area contributed by atoms with Crippen LogP contribution >= 0.6 is 0 Å². The van der Waals surface area contributed by atoms with Gasteiger partial charge in [0.15, 0.2) is 0 Å². The molecule has 0 aliphatic heterocycles. The molecule has 0 radical (unpaired) electrons. The average Bonchev–Trinajstić information content (AvgIpc) is 2.59. The summed E-state index contributed by atoms with van der Waals surface area (Å²) in [6.45, 7) is 3.86. The van der Waals surface area contributed by atoms with Gasteiger partial charge in [0.25, 0.3) is 0 Å². The second kappa shape index (κ2) is 4.74. The number of aryl methyl sites for hydroxylation is 1. The lowest BCUT2D eigenvalue weighted by Crippen LogP contribution is -2.43. The van der Waals surface area contributed by atoms with Gasteiger partial charge in [0, 0.05) is 0 Å². The third-order valence-corrected chi connectivity index (χ3v) is 4.56. The first-order valence-corrected chi connectivity index (χ1v) is 6.79. The van der Waals surface area contributed by atoms with Gasteiger partial charge in [0.2, 0.25) is 0 Å². The lowest BCUT2D eigenvalue weighted by atomic mass is 9.66. The minimum atomic E-state index is -1.01. The van der Waals surface area contributed by atoms with E-state index in [1.54, 1.807) is 0 Å². The molecule has 2 atom stereocenters. The summed E-state index contributed by atoms with van der Waals surface area (Å²) in [7, 11) is 0. The van der Waals surface area contributed by atoms with Crippen LogP contribution in [0.3, 0.4) is 0 Å². The van der Waals surface area contributed by atoms with E-state index in [-0.39, 0.29) is 0 Å². The largest absolute Gasteiger partial charge is 0.383 e. The standard InChI is InChI=1S/C16H21NO/c1-3-15(2,12-17)16(18)11-7-6-9-13-8-4-5-10-14(13)16/h4-5,8,10,18H,3,6-7,9,11H2,1-2H3. The zero-order valence-electron chi connectivity index (χ0n) is 11.2. The normalized spacial score (nSPS) is 26.6. The second-order valence-electron chi connectivity index (χ2n) is 5.52. The molecule has 1 aliphatic carbocycles. The number of benzene rings is 1. The predicted octanol–water partition coefficient (Wildman–Crippen LogP) is 3.54. The van der Waals surface area contributed by atoms with Gasteiger partial charge < -0.3 is 5.11 Å². The molecular formula is C16H21NO. The SMILES string of the molecule is CCC(C)(C#N)C1(O)CCCCc2ccccc21. The van der Waals surface area contributed by atoms with Crippen LogP contribution in [-0.4, -0.2) is 5.11 Å². The fourth-order valence-corrected chi connectivity index (χ4v) is 3.01. The first kappa shape index (κ1) is 13.1. The highest BCUT2D eigenvalue weighted by Gasteiger charge is 2.48. The maximum atomic E-state index is 11.2. The van der Waals surface area contributed by atoms with E-state index in [4.69, 9.17) is 0 Å². The second-order valence-corrected chi connectivity index (χ2v) is 5.52. The number of aliphatic hydroxyl groups is 1. The van der Waals surface area contributed by atoms with Gasteiger partial charge in [-0.15, -0.1) is 0 Å². The maximum absolute atomic E-state index is 11.2. The highest BCUT2D eigenvalue weighted by molar-refractivity contribution is 5.37. The first-order valence-electron chi connectivity index (χ1n) is 6.79. The Morgan fingerprint density at radius 1 is 1.39 bits per heavy atom. The number of fused-ring (bicyclic) bond motifs is 1. The predicted molar refractivity (Wildman–Crippen MR) is 71.9 cm³/mol. The number of hydrogen-bond acceptors (Lipinski definition) is 2. The summed E-state index contributed by atoms with van der Waals surface area (Å²) in [5.74, 6) is 0. The van der Waals surface area contributed by atoms with Crippen LogP contribution in [0.15, 0.2) is 24.3 Å². The van der Waals surface area contributed by atoms with Gasteiger partial charge in [0.05, 0.1) is 11.5 Å². The molecule has 0 aromatic heterocycles. The molecule has 0 fully saturated rings. The number of hydrogen-bond donors (Lipinski definition) is 1. The van der Waals surface area contributed by atoms with E-state index in [1.165, 1.54) is 5.56 Å². The van der Waals surface area contributed by atoms with E-state index >= 15 is 0 Å². The third-order valence-electron chi connectivity index (χ3n) is 4.56. The summed E-state index contributed by atoms with van der Waals surface area (Å²) in [5.41, 5.74) is 0.442. The minimum absolute atomic E-state index is 0.661. The third kappa shape index (κ3) is 1.83. The van der Waals surface area contributed by atoms with Crippen LogP contribution in [0, 0.1) is 16.7 Å². The number of nitriles is 1. The lowest BCUT2D eigenvalue weighted by Gasteiger charge is -2.40. The Morgan fingerprint density at radius 2 is 2.11 bits per heavy atom. The lowest BCUT2D eigenvalue weighted by molar-refractivity contribution is -0.0628. The quantitative estimate of drug-likeness (QED) is 0.807. The Labute approximate surface area is 109 Å². The number of rotatable bonds is 2. The Hall–Kier alpha value is -1.33. The van der Waals surface area contributed by atoms with Crippen LogP contribution in [0.25, 0.3) is 0 Å². The molecule has 2 heteroatoms. The van der Waals surface area contributed by atoms with E-state index in [0.29, 0.717) is 12.8 Å². The van der Waals surface area contributed by atoms with Crippen LogP contribution in [0.4, 0.5) is 0 Å². The van der Waals surface area contributed by atoms with Crippen LogP contribution in [-0.2, 0) is 12.0 Å². The Bertz CT molecular complexity index is 476. The molecule has 0 heterocycles. The van der Waals surface area contributed by atoms with Gasteiger partial charge in [0.1, 0.15) is 5.60 Å². The molecule has 96 valence electrons. The van der Waals surface area contributed by atoms with Gasteiger partial charge in [-0.25, -0.2) is 0 Å². The molecule has 0 bridgehead atoms. The van der Waals surface area contributed by atoms with Gasteiger partial charge in [-0.2, -0.15) is 5.26 Å². The average molecular weight is 243 g/mol. The van der Waals surface area contributed by atoms with Crippen molar-refractivity contribution in [1.82, 2.24) is 0 Å².